The van der Waals surface area contributed by atoms with Gasteiger partial charge in [-0.2, -0.15) is 0 Å². The van der Waals surface area contributed by atoms with Crippen molar-refractivity contribution in [2.45, 2.75) is 44.7 Å². The zero-order valence-electron chi connectivity index (χ0n) is 11.0. The van der Waals surface area contributed by atoms with Gasteiger partial charge in [0.25, 0.3) is 0 Å². The normalized spacial score (nSPS) is 35.5. The third-order valence-electron chi connectivity index (χ3n) is 4.33. The molecule has 1 saturated heterocycles. The molecule has 17 heavy (non-hydrogen) atoms. The van der Waals surface area contributed by atoms with Crippen LogP contribution in [0.4, 0.5) is 0 Å². The van der Waals surface area contributed by atoms with E-state index in [1.54, 1.807) is 7.05 Å². The fraction of sp³-hybridized carbons (Fsp3) is 0.923. The quantitative estimate of drug-likeness (QED) is 0.741. The Morgan fingerprint density at radius 2 is 2.12 bits per heavy atom. The van der Waals surface area contributed by atoms with Crippen LogP contribution in [-0.4, -0.2) is 49.6 Å². The Hall–Kier alpha value is -0.610. The molecule has 98 valence electrons. The Balaban J connectivity index is 2.06. The van der Waals surface area contributed by atoms with Gasteiger partial charge in [-0.1, -0.05) is 19.8 Å². The van der Waals surface area contributed by atoms with E-state index in [-0.39, 0.29) is 11.9 Å². The zero-order valence-corrected chi connectivity index (χ0v) is 11.0. The van der Waals surface area contributed by atoms with Gasteiger partial charge < -0.3 is 10.6 Å². The molecule has 2 aliphatic rings. The van der Waals surface area contributed by atoms with Gasteiger partial charge in [0.1, 0.15) is 6.04 Å². The van der Waals surface area contributed by atoms with Crippen molar-refractivity contribution < 1.29 is 4.79 Å². The van der Waals surface area contributed by atoms with Gasteiger partial charge in [0.2, 0.25) is 5.91 Å². The van der Waals surface area contributed by atoms with Gasteiger partial charge >= 0.3 is 0 Å². The third-order valence-corrected chi connectivity index (χ3v) is 4.33. The molecule has 2 rings (SSSR count). The van der Waals surface area contributed by atoms with E-state index >= 15 is 0 Å². The van der Waals surface area contributed by atoms with Crippen LogP contribution in [0.15, 0.2) is 0 Å². The summed E-state index contributed by atoms with van der Waals surface area (Å²) in [6.45, 7) is 5.15. The average Bonchev–Trinajstić information content (AvgIpc) is 2.38. The van der Waals surface area contributed by atoms with E-state index in [1.165, 1.54) is 25.7 Å². The Bertz CT molecular complexity index is 269. The average molecular weight is 239 g/mol. The number of hydrogen-bond donors (Lipinski definition) is 2. The lowest BCUT2D eigenvalue weighted by atomic mass is 9.84. The summed E-state index contributed by atoms with van der Waals surface area (Å²) in [4.78, 5) is 14.4. The molecule has 2 fully saturated rings. The van der Waals surface area contributed by atoms with Crippen LogP contribution < -0.4 is 10.6 Å². The van der Waals surface area contributed by atoms with Crippen molar-refractivity contribution in [2.24, 2.45) is 5.92 Å². The molecule has 1 aliphatic heterocycles. The SMILES string of the molecule is CNC(=O)C1CNCCN1C1CCCCC1C. The second-order valence-electron chi connectivity index (χ2n) is 5.40. The molecule has 0 aromatic rings. The zero-order chi connectivity index (χ0) is 12.3. The molecule has 1 amide bonds. The molecule has 0 radical (unpaired) electrons. The number of nitrogens with one attached hydrogen (secondary N) is 2. The second-order valence-corrected chi connectivity index (χ2v) is 5.40. The fourth-order valence-corrected chi connectivity index (χ4v) is 3.32. The minimum absolute atomic E-state index is 0.0271. The van der Waals surface area contributed by atoms with Gasteiger partial charge in [0.05, 0.1) is 0 Å². The lowest BCUT2D eigenvalue weighted by Gasteiger charge is -2.44. The van der Waals surface area contributed by atoms with E-state index in [2.05, 4.69) is 22.5 Å². The van der Waals surface area contributed by atoms with E-state index in [0.29, 0.717) is 6.04 Å². The summed E-state index contributed by atoms with van der Waals surface area (Å²) in [5.41, 5.74) is 0. The molecular formula is C13H25N3O. The minimum atomic E-state index is 0.0271. The number of nitrogens with zero attached hydrogens (tertiary/aromatic N) is 1. The molecular weight excluding hydrogens is 214 g/mol. The first-order chi connectivity index (χ1) is 8.24. The minimum Gasteiger partial charge on any atom is -0.358 e. The molecule has 4 nitrogen and oxygen atoms in total. The Morgan fingerprint density at radius 1 is 1.35 bits per heavy atom. The van der Waals surface area contributed by atoms with Gasteiger partial charge in [-0.25, -0.2) is 0 Å². The van der Waals surface area contributed by atoms with E-state index in [9.17, 15) is 4.79 Å². The summed E-state index contributed by atoms with van der Waals surface area (Å²) >= 11 is 0. The van der Waals surface area contributed by atoms with E-state index in [1.807, 2.05) is 0 Å². The maximum atomic E-state index is 11.9. The molecule has 3 atom stereocenters. The molecule has 3 unspecified atom stereocenters. The summed E-state index contributed by atoms with van der Waals surface area (Å²) in [6, 6.07) is 0.632. The van der Waals surface area contributed by atoms with Crippen LogP contribution in [0, 0.1) is 5.92 Å². The van der Waals surface area contributed by atoms with Crippen LogP contribution in [0.2, 0.25) is 0 Å². The van der Waals surface area contributed by atoms with E-state index < -0.39 is 0 Å². The summed E-state index contributed by atoms with van der Waals surface area (Å²) in [5, 5.41) is 6.13. The van der Waals surface area contributed by atoms with Crippen molar-refractivity contribution in [3.8, 4) is 0 Å². The number of rotatable bonds is 2. The number of likely N-dealkylation sites (N-methyl/N-ethyl adjacent to an activating group) is 1. The maximum Gasteiger partial charge on any atom is 0.238 e. The van der Waals surface area contributed by atoms with Crippen molar-refractivity contribution >= 4 is 5.91 Å². The van der Waals surface area contributed by atoms with Crippen LogP contribution in [0.3, 0.4) is 0 Å². The molecule has 0 aromatic heterocycles. The van der Waals surface area contributed by atoms with Crippen LogP contribution in [0.25, 0.3) is 0 Å². The molecule has 1 saturated carbocycles. The molecule has 2 N–H and O–H groups in total. The molecule has 0 aromatic carbocycles. The van der Waals surface area contributed by atoms with Gasteiger partial charge in [0, 0.05) is 32.7 Å². The number of hydrogen-bond acceptors (Lipinski definition) is 3. The molecule has 4 heteroatoms. The van der Waals surface area contributed by atoms with Gasteiger partial charge in [-0.3, -0.25) is 9.69 Å². The van der Waals surface area contributed by atoms with Crippen molar-refractivity contribution in [2.75, 3.05) is 26.7 Å². The van der Waals surface area contributed by atoms with Crippen LogP contribution in [0.5, 0.6) is 0 Å². The van der Waals surface area contributed by atoms with E-state index in [4.69, 9.17) is 0 Å². The van der Waals surface area contributed by atoms with Gasteiger partial charge in [-0.15, -0.1) is 0 Å². The summed E-state index contributed by atoms with van der Waals surface area (Å²) < 4.78 is 0. The second kappa shape index (κ2) is 5.83. The third kappa shape index (κ3) is 2.80. The fourth-order valence-electron chi connectivity index (χ4n) is 3.32. The lowest BCUT2D eigenvalue weighted by Crippen LogP contribution is -2.61. The summed E-state index contributed by atoms with van der Waals surface area (Å²) in [6.07, 6.45) is 5.25. The first-order valence-electron chi connectivity index (χ1n) is 6.92. The largest absolute Gasteiger partial charge is 0.358 e. The van der Waals surface area contributed by atoms with Crippen LogP contribution >= 0.6 is 0 Å². The highest BCUT2D eigenvalue weighted by molar-refractivity contribution is 5.81. The summed E-state index contributed by atoms with van der Waals surface area (Å²) in [5.74, 6) is 0.893. The van der Waals surface area contributed by atoms with Crippen LogP contribution in [-0.2, 0) is 4.79 Å². The van der Waals surface area contributed by atoms with Crippen molar-refractivity contribution in [1.82, 2.24) is 15.5 Å². The summed E-state index contributed by atoms with van der Waals surface area (Å²) in [7, 11) is 1.74. The lowest BCUT2D eigenvalue weighted by molar-refractivity contribution is -0.128. The molecule has 1 aliphatic carbocycles. The Morgan fingerprint density at radius 3 is 2.82 bits per heavy atom. The van der Waals surface area contributed by atoms with Crippen LogP contribution in [0.1, 0.15) is 32.6 Å². The number of carbonyl (C=O) groups excluding carboxylic acids is 1. The first kappa shape index (κ1) is 12.8. The Labute approximate surface area is 104 Å². The molecule has 0 bridgehead atoms. The smallest absolute Gasteiger partial charge is 0.238 e. The number of carbonyl (C=O) groups is 1. The predicted molar refractivity (Wildman–Crippen MR) is 68.9 cm³/mol. The van der Waals surface area contributed by atoms with Gasteiger partial charge in [0.15, 0.2) is 0 Å². The maximum absolute atomic E-state index is 11.9. The first-order valence-corrected chi connectivity index (χ1v) is 6.92. The van der Waals surface area contributed by atoms with Crippen molar-refractivity contribution in [3.05, 3.63) is 0 Å². The highest BCUT2D eigenvalue weighted by atomic mass is 16.2. The predicted octanol–water partition coefficient (Wildman–Crippen LogP) is 0.585. The molecule has 1 heterocycles. The van der Waals surface area contributed by atoms with Gasteiger partial charge in [-0.05, 0) is 18.8 Å². The van der Waals surface area contributed by atoms with E-state index in [0.717, 1.165) is 25.6 Å². The Kier molecular flexibility index (Phi) is 4.40. The standard InChI is InChI=1S/C13H25N3O/c1-10-5-3-4-6-11(10)16-8-7-15-9-12(16)13(17)14-2/h10-12,15H,3-9H2,1-2H3,(H,14,17). The highest BCUT2D eigenvalue weighted by Gasteiger charge is 2.36. The number of amides is 1. The molecule has 0 spiro atoms. The topological polar surface area (TPSA) is 44.4 Å². The number of piperazine rings is 1. The van der Waals surface area contributed by atoms with Crippen molar-refractivity contribution in [3.63, 3.8) is 0 Å². The highest BCUT2D eigenvalue weighted by Crippen LogP contribution is 2.29. The van der Waals surface area contributed by atoms with Crippen molar-refractivity contribution in [1.29, 1.82) is 0 Å². The monoisotopic (exact) mass is 239 g/mol.